The van der Waals surface area contributed by atoms with Gasteiger partial charge >= 0.3 is 11.9 Å². The van der Waals surface area contributed by atoms with Gasteiger partial charge in [0.1, 0.15) is 10.6 Å². The molecule has 2 aromatic rings. The summed E-state index contributed by atoms with van der Waals surface area (Å²) in [5, 5.41) is 14.5. The summed E-state index contributed by atoms with van der Waals surface area (Å²) in [6.45, 7) is 2.21. The third-order valence-electron chi connectivity index (χ3n) is 5.17. The number of ether oxygens (including phenoxy) is 1. The van der Waals surface area contributed by atoms with Crippen LogP contribution in [0.1, 0.15) is 49.4 Å². The molecule has 1 heterocycles. The van der Waals surface area contributed by atoms with Crippen molar-refractivity contribution >= 4 is 34.2 Å². The molecule has 154 valence electrons. The van der Waals surface area contributed by atoms with Gasteiger partial charge < -0.3 is 15.2 Å². The minimum Gasteiger partial charge on any atom is -0.481 e. The first-order valence-electron chi connectivity index (χ1n) is 9.90. The number of aliphatic carboxylic acids is 1. The molecule has 7 heteroatoms. The van der Waals surface area contributed by atoms with E-state index in [1.807, 2.05) is 42.6 Å². The SMILES string of the molecule is CCCOC(=O)c1c(-c2ccccc2)csc1NC(=O)C1CCCCC1C(=O)O. The summed E-state index contributed by atoms with van der Waals surface area (Å²) >= 11 is 1.25. The number of carboxylic acids is 1. The molecule has 2 N–H and O–H groups in total. The first-order chi connectivity index (χ1) is 14.0. The van der Waals surface area contributed by atoms with E-state index in [9.17, 15) is 19.5 Å². The molecule has 0 radical (unpaired) electrons. The second-order valence-electron chi connectivity index (χ2n) is 7.18. The lowest BCUT2D eigenvalue weighted by atomic mass is 9.79. The number of nitrogens with one attached hydrogen (secondary N) is 1. The summed E-state index contributed by atoms with van der Waals surface area (Å²) in [7, 11) is 0. The largest absolute Gasteiger partial charge is 0.481 e. The molecular formula is C22H25NO5S. The lowest BCUT2D eigenvalue weighted by molar-refractivity contribution is -0.147. The predicted molar refractivity (Wildman–Crippen MR) is 112 cm³/mol. The Labute approximate surface area is 173 Å². The van der Waals surface area contributed by atoms with E-state index in [-0.39, 0.29) is 5.91 Å². The fourth-order valence-corrected chi connectivity index (χ4v) is 4.65. The molecule has 1 fully saturated rings. The minimum atomic E-state index is -0.941. The molecule has 0 saturated heterocycles. The van der Waals surface area contributed by atoms with E-state index >= 15 is 0 Å². The number of amides is 1. The van der Waals surface area contributed by atoms with Crippen LogP contribution in [0.5, 0.6) is 0 Å². The van der Waals surface area contributed by atoms with Crippen LogP contribution < -0.4 is 5.32 Å². The highest BCUT2D eigenvalue weighted by atomic mass is 32.1. The average molecular weight is 416 g/mol. The maximum atomic E-state index is 12.9. The van der Waals surface area contributed by atoms with Crippen LogP contribution in [0.25, 0.3) is 11.1 Å². The smallest absolute Gasteiger partial charge is 0.341 e. The second-order valence-corrected chi connectivity index (χ2v) is 8.06. The van der Waals surface area contributed by atoms with Gasteiger partial charge in [0.25, 0.3) is 0 Å². The van der Waals surface area contributed by atoms with E-state index in [1.54, 1.807) is 0 Å². The summed E-state index contributed by atoms with van der Waals surface area (Å²) in [6.07, 6.45) is 3.37. The van der Waals surface area contributed by atoms with E-state index in [1.165, 1.54) is 11.3 Å². The lowest BCUT2D eigenvalue weighted by Crippen LogP contribution is -2.36. The quantitative estimate of drug-likeness (QED) is 0.633. The maximum absolute atomic E-state index is 12.9. The van der Waals surface area contributed by atoms with Gasteiger partial charge in [0, 0.05) is 10.9 Å². The molecule has 0 aliphatic heterocycles. The van der Waals surface area contributed by atoms with Gasteiger partial charge in [-0.3, -0.25) is 9.59 Å². The van der Waals surface area contributed by atoms with Crippen LogP contribution in [-0.4, -0.2) is 29.6 Å². The fourth-order valence-electron chi connectivity index (χ4n) is 3.69. The van der Waals surface area contributed by atoms with Crippen molar-refractivity contribution in [3.05, 3.63) is 41.3 Å². The molecule has 3 rings (SSSR count). The Kier molecular flexibility index (Phi) is 7.04. The number of carbonyl (C=O) groups excluding carboxylic acids is 2. The Hall–Kier alpha value is -2.67. The molecular weight excluding hydrogens is 390 g/mol. The zero-order valence-corrected chi connectivity index (χ0v) is 17.2. The van der Waals surface area contributed by atoms with Gasteiger partial charge in [-0.25, -0.2) is 4.79 Å². The molecule has 0 bridgehead atoms. The number of thiophene rings is 1. The van der Waals surface area contributed by atoms with Crippen LogP contribution in [0.15, 0.2) is 35.7 Å². The summed E-state index contributed by atoms with van der Waals surface area (Å²) in [5.74, 6) is -3.05. The van der Waals surface area contributed by atoms with Crippen molar-refractivity contribution in [1.29, 1.82) is 0 Å². The molecule has 2 unspecified atom stereocenters. The molecule has 1 aliphatic rings. The Bertz CT molecular complexity index is 877. The van der Waals surface area contributed by atoms with E-state index in [2.05, 4.69) is 5.32 Å². The monoisotopic (exact) mass is 415 g/mol. The van der Waals surface area contributed by atoms with Crippen molar-refractivity contribution in [1.82, 2.24) is 0 Å². The highest BCUT2D eigenvalue weighted by Gasteiger charge is 2.36. The lowest BCUT2D eigenvalue weighted by Gasteiger charge is -2.27. The number of rotatable bonds is 7. The zero-order chi connectivity index (χ0) is 20.8. The standard InChI is InChI=1S/C22H25NO5S/c1-2-12-28-22(27)18-17(14-8-4-3-5-9-14)13-29-20(18)23-19(24)15-10-6-7-11-16(15)21(25)26/h3-5,8-9,13,15-16H,2,6-7,10-12H2,1H3,(H,23,24)(H,25,26). The van der Waals surface area contributed by atoms with Crippen LogP contribution in [-0.2, 0) is 14.3 Å². The molecule has 1 aliphatic carbocycles. The van der Waals surface area contributed by atoms with Gasteiger partial charge in [-0.1, -0.05) is 50.1 Å². The van der Waals surface area contributed by atoms with E-state index in [0.717, 1.165) is 18.4 Å². The summed E-state index contributed by atoms with van der Waals surface area (Å²) in [6, 6.07) is 9.44. The first-order valence-corrected chi connectivity index (χ1v) is 10.8. The van der Waals surface area contributed by atoms with Crippen molar-refractivity contribution in [2.24, 2.45) is 11.8 Å². The van der Waals surface area contributed by atoms with Crippen molar-refractivity contribution in [3.63, 3.8) is 0 Å². The van der Waals surface area contributed by atoms with Gasteiger partial charge in [0.05, 0.1) is 18.4 Å². The maximum Gasteiger partial charge on any atom is 0.341 e. The zero-order valence-electron chi connectivity index (χ0n) is 16.3. The highest BCUT2D eigenvalue weighted by Crippen LogP contribution is 2.38. The molecule has 29 heavy (non-hydrogen) atoms. The predicted octanol–water partition coefficient (Wildman–Crippen LogP) is 4.81. The topological polar surface area (TPSA) is 92.7 Å². The number of hydrogen-bond donors (Lipinski definition) is 2. The molecule has 1 amide bonds. The first kappa shape index (κ1) is 21.0. The number of anilines is 1. The van der Waals surface area contributed by atoms with Crippen LogP contribution in [0.2, 0.25) is 0 Å². The number of benzene rings is 1. The summed E-state index contributed by atoms with van der Waals surface area (Å²) < 4.78 is 5.35. The second kappa shape index (κ2) is 9.69. The van der Waals surface area contributed by atoms with E-state index < -0.39 is 23.8 Å². The normalized spacial score (nSPS) is 18.8. The Morgan fingerprint density at radius 2 is 1.83 bits per heavy atom. The average Bonchev–Trinajstić information content (AvgIpc) is 3.16. The van der Waals surface area contributed by atoms with Gasteiger partial charge in [0.15, 0.2) is 0 Å². The van der Waals surface area contributed by atoms with Gasteiger partial charge in [-0.2, -0.15) is 0 Å². The van der Waals surface area contributed by atoms with Crippen molar-refractivity contribution in [2.45, 2.75) is 39.0 Å². The Morgan fingerprint density at radius 3 is 2.48 bits per heavy atom. The fraction of sp³-hybridized carbons (Fsp3) is 0.409. The Morgan fingerprint density at radius 1 is 1.14 bits per heavy atom. The number of carbonyl (C=O) groups is 3. The molecule has 6 nitrogen and oxygen atoms in total. The highest BCUT2D eigenvalue weighted by molar-refractivity contribution is 7.15. The van der Waals surface area contributed by atoms with Gasteiger partial charge in [0.2, 0.25) is 5.91 Å². The van der Waals surface area contributed by atoms with Crippen molar-refractivity contribution in [3.8, 4) is 11.1 Å². The third kappa shape index (κ3) is 4.85. The molecule has 1 saturated carbocycles. The van der Waals surface area contributed by atoms with Crippen molar-refractivity contribution in [2.75, 3.05) is 11.9 Å². The van der Waals surface area contributed by atoms with Crippen molar-refractivity contribution < 1.29 is 24.2 Å². The number of hydrogen-bond acceptors (Lipinski definition) is 5. The Balaban J connectivity index is 1.90. The van der Waals surface area contributed by atoms with Gasteiger partial charge in [-0.15, -0.1) is 11.3 Å². The number of carboxylic acid groups (broad SMARTS) is 1. The number of esters is 1. The summed E-state index contributed by atoms with van der Waals surface area (Å²) in [5.41, 5.74) is 1.88. The summed E-state index contributed by atoms with van der Waals surface area (Å²) in [4.78, 5) is 37.2. The molecule has 1 aromatic heterocycles. The van der Waals surface area contributed by atoms with Crippen LogP contribution in [0.4, 0.5) is 5.00 Å². The van der Waals surface area contributed by atoms with Crippen LogP contribution in [0, 0.1) is 11.8 Å². The van der Waals surface area contributed by atoms with Gasteiger partial charge in [-0.05, 0) is 24.8 Å². The molecule has 2 atom stereocenters. The van der Waals surface area contributed by atoms with E-state index in [4.69, 9.17) is 4.74 Å². The third-order valence-corrected chi connectivity index (χ3v) is 6.07. The van der Waals surface area contributed by atoms with Crippen LogP contribution in [0.3, 0.4) is 0 Å². The molecule has 1 aromatic carbocycles. The van der Waals surface area contributed by atoms with Crippen LogP contribution >= 0.6 is 11.3 Å². The molecule has 0 spiro atoms. The minimum absolute atomic E-state index is 0.292. The van der Waals surface area contributed by atoms with E-state index in [0.29, 0.717) is 42.0 Å².